The van der Waals surface area contributed by atoms with Crippen molar-refractivity contribution in [1.82, 2.24) is 4.31 Å². The molecule has 0 saturated heterocycles. The lowest BCUT2D eigenvalue weighted by molar-refractivity contribution is -0.125. The van der Waals surface area contributed by atoms with Crippen molar-refractivity contribution in [3.8, 4) is 0 Å². The summed E-state index contributed by atoms with van der Waals surface area (Å²) < 4.78 is 30.1. The predicted octanol–water partition coefficient (Wildman–Crippen LogP) is 6.95. The van der Waals surface area contributed by atoms with E-state index in [1.165, 1.54) is 11.2 Å². The highest BCUT2D eigenvalue weighted by atomic mass is 35.5. The molecule has 1 heterocycles. The number of carbonyl (C=O) groups is 2. The van der Waals surface area contributed by atoms with Crippen molar-refractivity contribution in [2.24, 2.45) is 17.3 Å². The second-order valence-electron chi connectivity index (χ2n) is 11.6. The number of sulfonamides is 1. The maximum absolute atomic E-state index is 14.3. The molecule has 0 spiro atoms. The predicted molar refractivity (Wildman–Crippen MR) is 149 cm³/mol. The molecular weight excluding hydrogens is 506 g/mol. The number of ketones is 2. The number of hydrogen-bond donors (Lipinski definition) is 0. The smallest absolute Gasteiger partial charge is 0.244 e. The molecule has 2 aromatic carbocycles. The van der Waals surface area contributed by atoms with Crippen LogP contribution in [0, 0.1) is 24.2 Å². The topological polar surface area (TPSA) is 71.5 Å². The molecule has 0 bridgehead atoms. The van der Waals surface area contributed by atoms with Crippen molar-refractivity contribution in [1.29, 1.82) is 0 Å². The first-order valence-electron chi connectivity index (χ1n) is 12.7. The van der Waals surface area contributed by atoms with Gasteiger partial charge in [-0.1, -0.05) is 82.6 Å². The van der Waals surface area contributed by atoms with Gasteiger partial charge in [0.05, 0.1) is 10.9 Å². The van der Waals surface area contributed by atoms with Gasteiger partial charge in [-0.2, -0.15) is 4.31 Å². The molecule has 0 N–H and O–H groups in total. The zero-order chi connectivity index (χ0) is 27.7. The Balaban J connectivity index is 2.20. The van der Waals surface area contributed by atoms with E-state index in [1.54, 1.807) is 55.5 Å². The SMILES string of the molecule is CC(=O)[C@@H](CC(=O)C1=C[C@@H](C(C)(C)C)N(S(=O)(=O)c2ccccc2C)[C@H]1c1ccc(Cl)cc1)CC(C)C. The van der Waals surface area contributed by atoms with Gasteiger partial charge >= 0.3 is 0 Å². The minimum atomic E-state index is -4.01. The Kier molecular flexibility index (Phi) is 8.88. The quantitative estimate of drug-likeness (QED) is 0.343. The fourth-order valence-electron chi connectivity index (χ4n) is 5.03. The summed E-state index contributed by atoms with van der Waals surface area (Å²) in [5, 5.41) is 0.521. The maximum atomic E-state index is 14.3. The number of rotatable bonds is 9. The molecule has 1 aliphatic heterocycles. The van der Waals surface area contributed by atoms with Crippen LogP contribution in [0.3, 0.4) is 0 Å². The Bertz CT molecular complexity index is 1290. The first-order valence-corrected chi connectivity index (χ1v) is 14.6. The molecular formula is C30H38ClNO4S. The molecule has 5 nitrogen and oxygen atoms in total. The molecule has 3 atom stereocenters. The lowest BCUT2D eigenvalue weighted by Gasteiger charge is -2.37. The molecule has 2 aromatic rings. The van der Waals surface area contributed by atoms with E-state index in [0.717, 1.165) is 0 Å². The lowest BCUT2D eigenvalue weighted by Crippen LogP contribution is -2.45. The largest absolute Gasteiger partial charge is 0.300 e. The van der Waals surface area contributed by atoms with Gasteiger partial charge in [0.1, 0.15) is 5.78 Å². The Morgan fingerprint density at radius 3 is 2.14 bits per heavy atom. The number of Topliss-reactive ketones (excluding diaryl/α,β-unsaturated/α-hetero) is 2. The highest BCUT2D eigenvalue weighted by molar-refractivity contribution is 7.89. The first-order chi connectivity index (χ1) is 17.1. The van der Waals surface area contributed by atoms with Crippen LogP contribution in [0.25, 0.3) is 0 Å². The molecule has 3 rings (SSSR count). The Hall–Kier alpha value is -2.28. The van der Waals surface area contributed by atoms with Gasteiger partial charge in [-0.15, -0.1) is 0 Å². The normalized spacial score (nSPS) is 19.6. The van der Waals surface area contributed by atoms with Crippen molar-refractivity contribution in [2.45, 2.75) is 78.3 Å². The number of nitrogens with zero attached hydrogens (tertiary/aromatic N) is 1. The van der Waals surface area contributed by atoms with Crippen molar-refractivity contribution < 1.29 is 18.0 Å². The van der Waals surface area contributed by atoms with Crippen LogP contribution in [0.2, 0.25) is 5.02 Å². The minimum absolute atomic E-state index is 0.0274. The van der Waals surface area contributed by atoms with E-state index in [1.807, 2.05) is 40.7 Å². The zero-order valence-electron chi connectivity index (χ0n) is 22.8. The van der Waals surface area contributed by atoms with Crippen molar-refractivity contribution in [3.05, 3.63) is 76.3 Å². The summed E-state index contributed by atoms with van der Waals surface area (Å²) in [6, 6.07) is 12.5. The van der Waals surface area contributed by atoms with Crippen LogP contribution in [0.4, 0.5) is 0 Å². The Labute approximate surface area is 227 Å². The molecule has 7 heteroatoms. The highest BCUT2D eigenvalue weighted by Gasteiger charge is 2.49. The van der Waals surface area contributed by atoms with E-state index in [0.29, 0.717) is 28.1 Å². The summed E-state index contributed by atoms with van der Waals surface area (Å²) in [6.45, 7) is 13.3. The molecule has 1 aliphatic rings. The van der Waals surface area contributed by atoms with Gasteiger partial charge in [0.2, 0.25) is 10.0 Å². The lowest BCUT2D eigenvalue weighted by atomic mass is 9.85. The van der Waals surface area contributed by atoms with E-state index < -0.39 is 33.4 Å². The number of aryl methyl sites for hydroxylation is 1. The van der Waals surface area contributed by atoms with Crippen molar-refractivity contribution in [2.75, 3.05) is 0 Å². The van der Waals surface area contributed by atoms with Gasteiger partial charge < -0.3 is 0 Å². The summed E-state index contributed by atoms with van der Waals surface area (Å²) >= 11 is 6.16. The average molecular weight is 544 g/mol. The molecule has 0 aliphatic carbocycles. The number of halogens is 1. The fraction of sp³-hybridized carbons (Fsp3) is 0.467. The van der Waals surface area contributed by atoms with Gasteiger partial charge in [-0.25, -0.2) is 8.42 Å². The maximum Gasteiger partial charge on any atom is 0.244 e. The van der Waals surface area contributed by atoms with Crippen LogP contribution in [-0.2, 0) is 19.6 Å². The van der Waals surface area contributed by atoms with Gasteiger partial charge in [0.25, 0.3) is 0 Å². The zero-order valence-corrected chi connectivity index (χ0v) is 24.4. The third-order valence-electron chi connectivity index (χ3n) is 6.97. The van der Waals surface area contributed by atoms with Crippen LogP contribution in [0.5, 0.6) is 0 Å². The highest BCUT2D eigenvalue weighted by Crippen LogP contribution is 2.47. The van der Waals surface area contributed by atoms with Gasteiger partial charge in [0.15, 0.2) is 5.78 Å². The Morgan fingerprint density at radius 2 is 1.62 bits per heavy atom. The monoisotopic (exact) mass is 543 g/mol. The van der Waals surface area contributed by atoms with Crippen molar-refractivity contribution >= 4 is 33.2 Å². The summed E-state index contributed by atoms with van der Waals surface area (Å²) in [4.78, 5) is 26.5. The fourth-order valence-corrected chi connectivity index (χ4v) is 7.30. The standard InChI is InChI=1S/C30H38ClNO4S/c1-19(2)16-23(21(4)33)17-26(34)25-18-28(30(5,6)7)32(29(25)22-12-14-24(31)15-13-22)37(35,36)27-11-9-8-10-20(27)3/h8-15,18-19,23,28-29H,16-17H2,1-7H3/t23-,28+,29+/m1/s1. The van der Waals surface area contributed by atoms with Crippen LogP contribution in [0.1, 0.15) is 71.6 Å². The van der Waals surface area contributed by atoms with Crippen LogP contribution >= 0.6 is 11.6 Å². The second-order valence-corrected chi connectivity index (χ2v) is 13.8. The number of carbonyl (C=O) groups excluding carboxylic acids is 2. The third kappa shape index (κ3) is 6.42. The molecule has 0 unspecified atom stereocenters. The second kappa shape index (κ2) is 11.2. The van der Waals surface area contributed by atoms with Crippen LogP contribution < -0.4 is 0 Å². The summed E-state index contributed by atoms with van der Waals surface area (Å²) in [6.07, 6.45) is 2.47. The molecule has 0 radical (unpaired) electrons. The van der Waals surface area contributed by atoms with Crippen LogP contribution in [0.15, 0.2) is 65.1 Å². The van der Waals surface area contributed by atoms with E-state index in [4.69, 9.17) is 11.6 Å². The minimum Gasteiger partial charge on any atom is -0.300 e. The molecule has 0 saturated carbocycles. The Morgan fingerprint density at radius 1 is 1.03 bits per heavy atom. The van der Waals surface area contributed by atoms with Crippen molar-refractivity contribution in [3.63, 3.8) is 0 Å². The van der Waals surface area contributed by atoms with E-state index in [2.05, 4.69) is 0 Å². The summed E-state index contributed by atoms with van der Waals surface area (Å²) in [5.41, 5.74) is 1.21. The van der Waals surface area contributed by atoms with Gasteiger partial charge in [0, 0.05) is 29.0 Å². The molecule has 0 amide bonds. The van der Waals surface area contributed by atoms with Gasteiger partial charge in [-0.05, 0) is 60.9 Å². The third-order valence-corrected chi connectivity index (χ3v) is 9.23. The van der Waals surface area contributed by atoms with Crippen LogP contribution in [-0.4, -0.2) is 30.3 Å². The molecule has 37 heavy (non-hydrogen) atoms. The van der Waals surface area contributed by atoms with E-state index >= 15 is 0 Å². The van der Waals surface area contributed by atoms with E-state index in [9.17, 15) is 18.0 Å². The van der Waals surface area contributed by atoms with Gasteiger partial charge in [-0.3, -0.25) is 9.59 Å². The average Bonchev–Trinajstić information content (AvgIpc) is 3.21. The molecule has 0 aromatic heterocycles. The number of benzene rings is 2. The number of hydrogen-bond acceptors (Lipinski definition) is 4. The summed E-state index contributed by atoms with van der Waals surface area (Å²) in [7, 11) is -4.01. The molecule has 0 fully saturated rings. The van der Waals surface area contributed by atoms with E-state index in [-0.39, 0.29) is 28.8 Å². The first kappa shape index (κ1) is 29.3. The molecule has 200 valence electrons. The summed E-state index contributed by atoms with van der Waals surface area (Å²) in [5.74, 6) is -0.376.